The van der Waals surface area contributed by atoms with E-state index in [9.17, 15) is 0 Å². The summed E-state index contributed by atoms with van der Waals surface area (Å²) in [5, 5.41) is 0. The zero-order chi connectivity index (χ0) is 5.54. The Morgan fingerprint density at radius 1 is 1.00 bits per heavy atom. The van der Waals surface area contributed by atoms with Crippen LogP contribution >= 0.6 is 23.2 Å². The lowest BCUT2D eigenvalue weighted by Gasteiger charge is -1.80. The van der Waals surface area contributed by atoms with Gasteiger partial charge in [0.15, 0.2) is 0 Å². The van der Waals surface area contributed by atoms with Crippen LogP contribution in [0.3, 0.4) is 0 Å². The molecule has 0 aliphatic carbocycles. The van der Waals surface area contributed by atoms with E-state index in [1.165, 1.54) is 4.14 Å². The Hall–Kier alpha value is 1.64. The standard InChI is InChI=1S/2CH2Cl.CH2.2Al.2H/c2*1-2;;;;;/h2*1H2;1H2;;;;. The van der Waals surface area contributed by atoms with E-state index < -0.39 is 0 Å². The van der Waals surface area contributed by atoms with Crippen molar-refractivity contribution < 1.29 is 0 Å². The number of alkyl halides is 2. The van der Waals surface area contributed by atoms with Gasteiger partial charge in [0.25, 0.3) is 0 Å². The van der Waals surface area contributed by atoms with Gasteiger partial charge in [-0.2, -0.15) is 0 Å². The highest BCUT2D eigenvalue weighted by Crippen LogP contribution is 1.80. The minimum Gasteiger partial charge on any atom is -0.143 e. The highest BCUT2D eigenvalue weighted by atomic mass is 35.5. The van der Waals surface area contributed by atoms with Gasteiger partial charge in [-0.25, -0.2) is 0 Å². The van der Waals surface area contributed by atoms with E-state index in [0.717, 1.165) is 9.48 Å². The Kier molecular flexibility index (Phi) is 9.44. The summed E-state index contributed by atoms with van der Waals surface area (Å²) < 4.78 is 3.35. The fraction of sp³-hybridized carbons (Fsp3) is 1.00. The van der Waals surface area contributed by atoms with Gasteiger partial charge in [0.05, 0.1) is 0 Å². The molecule has 0 saturated carbocycles. The quantitative estimate of drug-likeness (QED) is 0.329. The van der Waals surface area contributed by atoms with Crippen molar-refractivity contribution in [3.05, 3.63) is 0 Å². The molecular weight excluding hydrogens is 161 g/mol. The van der Waals surface area contributed by atoms with E-state index in [2.05, 4.69) is 0 Å². The molecule has 7 heavy (non-hydrogen) atoms. The summed E-state index contributed by atoms with van der Waals surface area (Å²) >= 11 is 11.3. The molecule has 0 fully saturated rings. The normalized spacial score (nSPS) is 8.29. The molecule has 0 amide bonds. The van der Waals surface area contributed by atoms with Gasteiger partial charge in [-0.15, -0.1) is 27.3 Å². The maximum absolute atomic E-state index is 5.48. The first-order valence-electron chi connectivity index (χ1n) is 2.53. The zero-order valence-corrected chi connectivity index (χ0v) is 8.63. The number of halogens is 2. The van der Waals surface area contributed by atoms with Gasteiger partial charge in [-0.1, -0.05) is 0 Å². The molecule has 40 valence electrons. The van der Waals surface area contributed by atoms with Crippen molar-refractivity contribution in [2.24, 2.45) is 0 Å². The Labute approximate surface area is 67.0 Å². The van der Waals surface area contributed by atoms with Crippen molar-refractivity contribution in [3.63, 3.8) is 0 Å². The van der Waals surface area contributed by atoms with Crippen molar-refractivity contribution in [2.75, 3.05) is 9.48 Å². The fourth-order valence-electron chi connectivity index (χ4n) is 0.366. The lowest BCUT2D eigenvalue weighted by molar-refractivity contribution is 1.85. The SMILES string of the molecule is Cl[CH2][AlH][CH2][AlH][CH2]Cl. The van der Waals surface area contributed by atoms with Crippen molar-refractivity contribution in [3.8, 4) is 0 Å². The molecule has 0 aliphatic rings. The van der Waals surface area contributed by atoms with E-state index in [1.807, 2.05) is 0 Å². The molecule has 0 bridgehead atoms. The molecule has 0 aromatic carbocycles. The summed E-state index contributed by atoms with van der Waals surface area (Å²) in [6.07, 6.45) is 0. The number of hydrogen-bond acceptors (Lipinski definition) is 0. The van der Waals surface area contributed by atoms with Gasteiger partial charge < -0.3 is 0 Å². The molecule has 0 unspecified atom stereocenters. The molecule has 0 spiro atoms. The minimum atomic E-state index is 0.153. The summed E-state index contributed by atoms with van der Waals surface area (Å²) in [6.45, 7) is 0. The maximum atomic E-state index is 5.48. The van der Waals surface area contributed by atoms with Gasteiger partial charge in [0.2, 0.25) is 30.4 Å². The molecule has 0 rings (SSSR count). The molecule has 0 heterocycles. The average molecular weight is 169 g/mol. The third-order valence-electron chi connectivity index (χ3n) is 0.767. The van der Waals surface area contributed by atoms with Crippen LogP contribution in [0.1, 0.15) is 0 Å². The van der Waals surface area contributed by atoms with Crippen molar-refractivity contribution in [2.45, 2.75) is 4.14 Å². The van der Waals surface area contributed by atoms with E-state index in [1.54, 1.807) is 0 Å². The Balaban J connectivity index is 2.45. The average Bonchev–Trinajstić information content (AvgIpc) is 1.69. The van der Waals surface area contributed by atoms with Crippen molar-refractivity contribution in [1.82, 2.24) is 0 Å². The van der Waals surface area contributed by atoms with Crippen LogP contribution in [0.25, 0.3) is 0 Å². The summed E-state index contributed by atoms with van der Waals surface area (Å²) in [7, 11) is 0. The fourth-order valence-corrected chi connectivity index (χ4v) is 6.69. The van der Waals surface area contributed by atoms with Crippen molar-refractivity contribution in [1.29, 1.82) is 0 Å². The van der Waals surface area contributed by atoms with E-state index in [0.29, 0.717) is 0 Å². The lowest BCUT2D eigenvalue weighted by atomic mass is 11.8. The predicted octanol–water partition coefficient (Wildman–Crippen LogP) is 0.628. The minimum absolute atomic E-state index is 0.153. The molecule has 0 atom stereocenters. The van der Waals surface area contributed by atoms with Crippen molar-refractivity contribution >= 4 is 53.6 Å². The zero-order valence-electron chi connectivity index (χ0n) is 4.29. The first kappa shape index (κ1) is 8.64. The van der Waals surface area contributed by atoms with Gasteiger partial charge >= 0.3 is 0 Å². The van der Waals surface area contributed by atoms with Crippen LogP contribution in [0.5, 0.6) is 0 Å². The Bertz CT molecular complexity index is 30.1. The van der Waals surface area contributed by atoms with Crippen LogP contribution in [-0.4, -0.2) is 39.9 Å². The summed E-state index contributed by atoms with van der Waals surface area (Å²) in [6, 6.07) is 0. The smallest absolute Gasteiger partial charge is 0.143 e. The Morgan fingerprint density at radius 3 is 1.71 bits per heavy atom. The van der Waals surface area contributed by atoms with Crippen LogP contribution < -0.4 is 0 Å². The second-order valence-corrected chi connectivity index (χ2v) is 8.70. The van der Waals surface area contributed by atoms with E-state index >= 15 is 0 Å². The first-order chi connectivity index (χ1) is 3.41. The third-order valence-corrected chi connectivity index (χ3v) is 6.91. The molecule has 4 heteroatoms. The summed E-state index contributed by atoms with van der Waals surface area (Å²) in [4.78, 5) is 0. The molecular formula is C3H8Al2Cl2. The maximum Gasteiger partial charge on any atom is 0.245 e. The summed E-state index contributed by atoms with van der Waals surface area (Å²) in [5.74, 6) is 0. The van der Waals surface area contributed by atoms with Gasteiger partial charge in [-0.3, -0.25) is 0 Å². The highest BCUT2D eigenvalue weighted by Gasteiger charge is 1.91. The predicted molar refractivity (Wildman–Crippen MR) is 40.5 cm³/mol. The van der Waals surface area contributed by atoms with Crippen LogP contribution in [0, 0.1) is 0 Å². The van der Waals surface area contributed by atoms with Crippen LogP contribution in [0.15, 0.2) is 0 Å². The third kappa shape index (κ3) is 7.64. The molecule has 0 aliphatic heterocycles. The first-order valence-corrected chi connectivity index (χ1v) is 7.60. The summed E-state index contributed by atoms with van der Waals surface area (Å²) in [5.41, 5.74) is 0. The van der Waals surface area contributed by atoms with Crippen LogP contribution in [0.4, 0.5) is 0 Å². The van der Waals surface area contributed by atoms with Crippen LogP contribution in [-0.2, 0) is 0 Å². The number of hydrogen-bond donors (Lipinski definition) is 0. The van der Waals surface area contributed by atoms with Gasteiger partial charge in [0, 0.05) is 0 Å². The highest BCUT2D eigenvalue weighted by molar-refractivity contribution is 6.65. The van der Waals surface area contributed by atoms with Gasteiger partial charge in [-0.05, 0) is 9.48 Å². The largest absolute Gasteiger partial charge is 0.245 e. The topological polar surface area (TPSA) is 0 Å². The second-order valence-electron chi connectivity index (χ2n) is 1.44. The molecule has 0 aromatic rings. The number of rotatable bonds is 4. The molecule has 0 N–H and O–H groups in total. The van der Waals surface area contributed by atoms with Gasteiger partial charge in [0.1, 0.15) is 0 Å². The molecule has 0 saturated heterocycles. The van der Waals surface area contributed by atoms with E-state index in [4.69, 9.17) is 23.2 Å². The lowest BCUT2D eigenvalue weighted by Crippen LogP contribution is -1.99. The monoisotopic (exact) mass is 168 g/mol. The van der Waals surface area contributed by atoms with E-state index in [-0.39, 0.29) is 30.4 Å². The second kappa shape index (κ2) is 7.64. The molecule has 0 aromatic heterocycles. The van der Waals surface area contributed by atoms with Crippen LogP contribution in [0.2, 0.25) is 4.14 Å². The molecule has 0 nitrogen and oxygen atoms in total. The Morgan fingerprint density at radius 2 is 1.43 bits per heavy atom. The molecule has 0 radical (unpaired) electrons.